The third kappa shape index (κ3) is 2.89. The van der Waals surface area contributed by atoms with Gasteiger partial charge in [0.15, 0.2) is 0 Å². The highest BCUT2D eigenvalue weighted by molar-refractivity contribution is 6.09. The minimum absolute atomic E-state index is 0.0736. The first-order chi connectivity index (χ1) is 10.1. The van der Waals surface area contributed by atoms with Gasteiger partial charge < -0.3 is 20.5 Å². The molecule has 0 saturated heterocycles. The second-order valence-corrected chi connectivity index (χ2v) is 4.20. The molecule has 0 atom stereocenters. The van der Waals surface area contributed by atoms with Gasteiger partial charge in [-0.3, -0.25) is 4.79 Å². The lowest BCUT2D eigenvalue weighted by molar-refractivity contribution is 0.102. The van der Waals surface area contributed by atoms with Gasteiger partial charge in [0.1, 0.15) is 28.6 Å². The second-order valence-electron chi connectivity index (χ2n) is 4.20. The largest absolute Gasteiger partial charge is 0.496 e. The standard InChI is InChI=1S/C15H15FN2O3/c1-20-11-7-4-8-12(21-2)13(11)15(19)18-14-9(16)5-3-6-10(14)17/h3-8H,17H2,1-2H3,(H,18,19). The second kappa shape index (κ2) is 6.13. The van der Waals surface area contributed by atoms with Crippen molar-refractivity contribution in [2.45, 2.75) is 0 Å². The Balaban J connectivity index is 2.41. The number of hydrogen-bond donors (Lipinski definition) is 2. The molecule has 0 aliphatic heterocycles. The lowest BCUT2D eigenvalue weighted by atomic mass is 10.1. The van der Waals surface area contributed by atoms with Gasteiger partial charge in [-0.05, 0) is 24.3 Å². The Kier molecular flexibility index (Phi) is 4.27. The number of nitrogens with two attached hydrogens (primary N) is 1. The highest BCUT2D eigenvalue weighted by Gasteiger charge is 2.20. The summed E-state index contributed by atoms with van der Waals surface area (Å²) >= 11 is 0. The molecule has 0 radical (unpaired) electrons. The van der Waals surface area contributed by atoms with Crippen molar-refractivity contribution in [3.8, 4) is 11.5 Å². The summed E-state index contributed by atoms with van der Waals surface area (Å²) in [6.45, 7) is 0. The summed E-state index contributed by atoms with van der Waals surface area (Å²) in [6, 6.07) is 9.09. The number of ether oxygens (including phenoxy) is 2. The molecule has 110 valence electrons. The Bertz CT molecular complexity index is 631. The molecule has 0 fully saturated rings. The zero-order chi connectivity index (χ0) is 15.4. The lowest BCUT2D eigenvalue weighted by Crippen LogP contribution is -2.16. The fourth-order valence-corrected chi connectivity index (χ4v) is 1.92. The predicted octanol–water partition coefficient (Wildman–Crippen LogP) is 2.68. The van der Waals surface area contributed by atoms with Gasteiger partial charge in [-0.1, -0.05) is 12.1 Å². The Labute approximate surface area is 121 Å². The molecular weight excluding hydrogens is 275 g/mol. The van der Waals surface area contributed by atoms with E-state index in [9.17, 15) is 9.18 Å². The van der Waals surface area contributed by atoms with Gasteiger partial charge in [0, 0.05) is 0 Å². The average molecular weight is 290 g/mol. The number of hydrogen-bond acceptors (Lipinski definition) is 4. The fourth-order valence-electron chi connectivity index (χ4n) is 1.92. The van der Waals surface area contributed by atoms with Gasteiger partial charge in [0.2, 0.25) is 0 Å². The number of carbonyl (C=O) groups excluding carboxylic acids is 1. The molecule has 1 amide bonds. The van der Waals surface area contributed by atoms with E-state index in [1.54, 1.807) is 18.2 Å². The number of nitrogens with one attached hydrogen (secondary N) is 1. The molecule has 0 saturated carbocycles. The quantitative estimate of drug-likeness (QED) is 0.849. The highest BCUT2D eigenvalue weighted by atomic mass is 19.1. The van der Waals surface area contributed by atoms with Crippen LogP contribution in [-0.2, 0) is 0 Å². The van der Waals surface area contributed by atoms with E-state index in [4.69, 9.17) is 15.2 Å². The molecule has 2 rings (SSSR count). The normalized spacial score (nSPS) is 10.0. The van der Waals surface area contributed by atoms with Crippen LogP contribution in [0.3, 0.4) is 0 Å². The summed E-state index contributed by atoms with van der Waals surface area (Å²) in [5.41, 5.74) is 5.91. The fraction of sp³-hybridized carbons (Fsp3) is 0.133. The molecule has 2 aromatic rings. The number of amides is 1. The van der Waals surface area contributed by atoms with Crippen LogP contribution >= 0.6 is 0 Å². The molecule has 3 N–H and O–H groups in total. The Morgan fingerprint density at radius 3 is 2.19 bits per heavy atom. The van der Waals surface area contributed by atoms with Crippen molar-refractivity contribution in [1.29, 1.82) is 0 Å². The first-order valence-electron chi connectivity index (χ1n) is 6.14. The predicted molar refractivity (Wildman–Crippen MR) is 78.3 cm³/mol. The molecule has 0 aromatic heterocycles. The van der Waals surface area contributed by atoms with Crippen LogP contribution in [0.15, 0.2) is 36.4 Å². The van der Waals surface area contributed by atoms with Crippen molar-refractivity contribution in [3.05, 3.63) is 47.8 Å². The first-order valence-corrected chi connectivity index (χ1v) is 6.14. The van der Waals surface area contributed by atoms with Crippen LogP contribution in [0.4, 0.5) is 15.8 Å². The minimum Gasteiger partial charge on any atom is -0.496 e. The monoisotopic (exact) mass is 290 g/mol. The van der Waals surface area contributed by atoms with E-state index in [0.717, 1.165) is 0 Å². The molecule has 6 heteroatoms. The number of para-hydroxylation sites is 1. The summed E-state index contributed by atoms with van der Waals surface area (Å²) in [4.78, 5) is 12.4. The maximum atomic E-state index is 13.7. The first kappa shape index (κ1) is 14.6. The molecule has 21 heavy (non-hydrogen) atoms. The molecule has 5 nitrogen and oxygen atoms in total. The molecule has 2 aromatic carbocycles. The topological polar surface area (TPSA) is 73.6 Å². The Morgan fingerprint density at radius 2 is 1.67 bits per heavy atom. The lowest BCUT2D eigenvalue weighted by Gasteiger charge is -2.14. The molecular formula is C15H15FN2O3. The van der Waals surface area contributed by atoms with E-state index in [1.165, 1.54) is 32.4 Å². The van der Waals surface area contributed by atoms with Crippen molar-refractivity contribution in [3.63, 3.8) is 0 Å². The summed E-state index contributed by atoms with van der Waals surface area (Å²) in [5, 5.41) is 2.45. The number of benzene rings is 2. The number of rotatable bonds is 4. The van der Waals surface area contributed by atoms with Gasteiger partial charge in [-0.25, -0.2) is 4.39 Å². The maximum absolute atomic E-state index is 13.7. The van der Waals surface area contributed by atoms with E-state index in [2.05, 4.69) is 5.32 Å². The molecule has 0 spiro atoms. The van der Waals surface area contributed by atoms with E-state index in [1.807, 2.05) is 0 Å². The van der Waals surface area contributed by atoms with Crippen molar-refractivity contribution in [2.75, 3.05) is 25.3 Å². The molecule has 0 aliphatic carbocycles. The van der Waals surface area contributed by atoms with E-state index in [0.29, 0.717) is 11.5 Å². The summed E-state index contributed by atoms with van der Waals surface area (Å²) < 4.78 is 24.0. The SMILES string of the molecule is COc1cccc(OC)c1C(=O)Nc1c(N)cccc1F. The third-order valence-corrected chi connectivity index (χ3v) is 2.94. The maximum Gasteiger partial charge on any atom is 0.263 e. The Hall–Kier alpha value is -2.76. The van der Waals surface area contributed by atoms with Crippen molar-refractivity contribution >= 4 is 17.3 Å². The molecule has 0 heterocycles. The third-order valence-electron chi connectivity index (χ3n) is 2.94. The van der Waals surface area contributed by atoms with E-state index >= 15 is 0 Å². The Morgan fingerprint density at radius 1 is 1.10 bits per heavy atom. The molecule has 0 unspecified atom stereocenters. The number of nitrogen functional groups attached to an aromatic ring is 1. The van der Waals surface area contributed by atoms with Crippen LogP contribution in [-0.4, -0.2) is 20.1 Å². The van der Waals surface area contributed by atoms with Crippen LogP contribution in [0.5, 0.6) is 11.5 Å². The highest BCUT2D eigenvalue weighted by Crippen LogP contribution is 2.30. The van der Waals surface area contributed by atoms with Crippen LogP contribution < -0.4 is 20.5 Å². The van der Waals surface area contributed by atoms with Gasteiger partial charge in [0.05, 0.1) is 19.9 Å². The van der Waals surface area contributed by atoms with E-state index < -0.39 is 11.7 Å². The zero-order valence-corrected chi connectivity index (χ0v) is 11.6. The van der Waals surface area contributed by atoms with Crippen molar-refractivity contribution in [2.24, 2.45) is 0 Å². The number of methoxy groups -OCH3 is 2. The smallest absolute Gasteiger partial charge is 0.263 e. The van der Waals surface area contributed by atoms with Gasteiger partial charge >= 0.3 is 0 Å². The average Bonchev–Trinajstić information content (AvgIpc) is 2.49. The van der Waals surface area contributed by atoms with E-state index in [-0.39, 0.29) is 16.9 Å². The summed E-state index contributed by atoms with van der Waals surface area (Å²) in [6.07, 6.45) is 0. The number of halogens is 1. The zero-order valence-electron chi connectivity index (χ0n) is 11.6. The van der Waals surface area contributed by atoms with Crippen LogP contribution in [0, 0.1) is 5.82 Å². The summed E-state index contributed by atoms with van der Waals surface area (Å²) in [7, 11) is 2.87. The van der Waals surface area contributed by atoms with Crippen LogP contribution in [0.25, 0.3) is 0 Å². The number of carbonyl (C=O) groups is 1. The minimum atomic E-state index is -0.614. The summed E-state index contributed by atoms with van der Waals surface area (Å²) in [5.74, 6) is -0.540. The van der Waals surface area contributed by atoms with Crippen molar-refractivity contribution in [1.82, 2.24) is 0 Å². The molecule has 0 aliphatic rings. The van der Waals surface area contributed by atoms with Crippen LogP contribution in [0.1, 0.15) is 10.4 Å². The molecule has 0 bridgehead atoms. The number of anilines is 2. The van der Waals surface area contributed by atoms with Crippen molar-refractivity contribution < 1.29 is 18.7 Å². The van der Waals surface area contributed by atoms with Gasteiger partial charge in [-0.2, -0.15) is 0 Å². The van der Waals surface area contributed by atoms with Gasteiger partial charge in [0.25, 0.3) is 5.91 Å². The van der Waals surface area contributed by atoms with Crippen LogP contribution in [0.2, 0.25) is 0 Å². The van der Waals surface area contributed by atoms with Gasteiger partial charge in [-0.15, -0.1) is 0 Å².